The van der Waals surface area contributed by atoms with Crippen LogP contribution in [0.5, 0.6) is 0 Å². The Bertz CT molecular complexity index is 266. The predicted octanol–water partition coefficient (Wildman–Crippen LogP) is 1.65. The Kier molecular flexibility index (Phi) is 8.24. The van der Waals surface area contributed by atoms with Crippen LogP contribution < -0.4 is 11.5 Å². The fourth-order valence-electron chi connectivity index (χ4n) is 2.92. The van der Waals surface area contributed by atoms with Crippen molar-refractivity contribution in [1.82, 2.24) is 0 Å². The van der Waals surface area contributed by atoms with Crippen molar-refractivity contribution in [1.29, 1.82) is 0 Å². The molecule has 0 aromatic heterocycles. The molecule has 1 heterocycles. The van der Waals surface area contributed by atoms with Crippen molar-refractivity contribution in [3.05, 3.63) is 0 Å². The van der Waals surface area contributed by atoms with E-state index in [1.807, 2.05) is 0 Å². The fourth-order valence-corrected chi connectivity index (χ4v) is 6.91. The molecule has 1 atom stereocenters. The third kappa shape index (κ3) is 4.45. The summed E-state index contributed by atoms with van der Waals surface area (Å²) in [5.74, 6) is 0. The third-order valence-electron chi connectivity index (χ3n) is 3.73. The number of rotatable bonds is 5. The first-order valence-corrected chi connectivity index (χ1v) is 8.66. The number of methoxy groups -OCH3 is 1. The normalized spacial score (nSPS) is 25.3. The van der Waals surface area contributed by atoms with Crippen LogP contribution in [0.25, 0.3) is 0 Å². The average Bonchev–Trinajstić information content (AvgIpc) is 2.39. The van der Waals surface area contributed by atoms with Crippen molar-refractivity contribution in [2.24, 2.45) is 11.5 Å². The van der Waals surface area contributed by atoms with Crippen molar-refractivity contribution in [2.45, 2.75) is 50.3 Å². The Hall–Kier alpha value is -0.633. The van der Waals surface area contributed by atoms with Gasteiger partial charge in [0.05, 0.1) is 0 Å². The first-order valence-electron chi connectivity index (χ1n) is 6.64. The minimum atomic E-state index is -2.15. The highest BCUT2D eigenvalue weighted by Crippen LogP contribution is 2.42. The Morgan fingerprint density at radius 3 is 2.11 bits per heavy atom. The molecule has 0 saturated carbocycles. The number of carbonyl (C=O) groups excluding carboxylic acids is 1. The Morgan fingerprint density at radius 1 is 1.21 bits per heavy atom. The molecule has 1 fully saturated rings. The topological polar surface area (TPSA) is 96.8 Å². The van der Waals surface area contributed by atoms with E-state index in [2.05, 4.69) is 18.4 Å². The van der Waals surface area contributed by atoms with Crippen LogP contribution >= 0.6 is 0 Å². The SMILES string of the molecule is CCCC1(OC)CCCC[Si]1(OC)OC.NC(N)=O. The van der Waals surface area contributed by atoms with Gasteiger partial charge in [-0.05, 0) is 18.9 Å². The molecule has 1 aliphatic heterocycles. The van der Waals surface area contributed by atoms with Crippen molar-refractivity contribution < 1.29 is 18.4 Å². The molecule has 6 nitrogen and oxygen atoms in total. The molecule has 114 valence electrons. The lowest BCUT2D eigenvalue weighted by molar-refractivity contribution is -0.0149. The van der Waals surface area contributed by atoms with Gasteiger partial charge in [0, 0.05) is 21.3 Å². The van der Waals surface area contributed by atoms with Gasteiger partial charge in [-0.2, -0.15) is 0 Å². The van der Waals surface area contributed by atoms with Crippen molar-refractivity contribution in [2.75, 3.05) is 21.3 Å². The number of primary amides is 2. The maximum absolute atomic E-state index is 9.00. The quantitative estimate of drug-likeness (QED) is 0.753. The van der Waals surface area contributed by atoms with Crippen LogP contribution in [-0.4, -0.2) is 41.1 Å². The zero-order valence-corrected chi connectivity index (χ0v) is 13.5. The number of hydrogen-bond donors (Lipinski definition) is 2. The van der Waals surface area contributed by atoms with Crippen LogP contribution in [0, 0.1) is 0 Å². The van der Waals surface area contributed by atoms with Gasteiger partial charge in [0.1, 0.15) is 5.22 Å². The van der Waals surface area contributed by atoms with Gasteiger partial charge in [-0.3, -0.25) is 0 Å². The van der Waals surface area contributed by atoms with Crippen LogP contribution in [0.4, 0.5) is 4.79 Å². The van der Waals surface area contributed by atoms with Crippen LogP contribution in [0.1, 0.15) is 39.0 Å². The third-order valence-corrected chi connectivity index (χ3v) is 8.16. The number of urea groups is 1. The second kappa shape index (κ2) is 8.52. The summed E-state index contributed by atoms with van der Waals surface area (Å²) in [5, 5.41) is -0.122. The highest BCUT2D eigenvalue weighted by atomic mass is 28.4. The summed E-state index contributed by atoms with van der Waals surface area (Å²) in [5.41, 5.74) is 8.50. The summed E-state index contributed by atoms with van der Waals surface area (Å²) < 4.78 is 17.4. The van der Waals surface area contributed by atoms with Crippen LogP contribution in [0.2, 0.25) is 6.04 Å². The van der Waals surface area contributed by atoms with E-state index in [0.29, 0.717) is 0 Å². The van der Waals surface area contributed by atoms with Crippen LogP contribution in [0.15, 0.2) is 0 Å². The molecule has 2 amide bonds. The van der Waals surface area contributed by atoms with E-state index in [0.717, 1.165) is 25.3 Å². The Labute approximate surface area is 117 Å². The van der Waals surface area contributed by atoms with E-state index < -0.39 is 14.6 Å². The van der Waals surface area contributed by atoms with Crippen molar-refractivity contribution in [3.8, 4) is 0 Å². The molecule has 0 aromatic carbocycles. The monoisotopic (exact) mass is 292 g/mol. The first kappa shape index (κ1) is 18.4. The number of carbonyl (C=O) groups is 1. The van der Waals surface area contributed by atoms with Crippen molar-refractivity contribution >= 4 is 14.6 Å². The van der Waals surface area contributed by atoms with Gasteiger partial charge in [-0.15, -0.1) is 0 Å². The van der Waals surface area contributed by atoms with E-state index in [1.165, 1.54) is 12.8 Å². The Balaban J connectivity index is 0.000000711. The van der Waals surface area contributed by atoms with Crippen LogP contribution in [0.3, 0.4) is 0 Å². The van der Waals surface area contributed by atoms with E-state index >= 15 is 0 Å². The minimum absolute atomic E-state index is 0.122. The van der Waals surface area contributed by atoms with Gasteiger partial charge in [-0.1, -0.05) is 26.2 Å². The van der Waals surface area contributed by atoms with Gasteiger partial charge in [0.15, 0.2) is 0 Å². The molecule has 7 heteroatoms. The summed E-state index contributed by atoms with van der Waals surface area (Å²) in [7, 11) is 3.22. The summed E-state index contributed by atoms with van der Waals surface area (Å²) in [6.45, 7) is 2.19. The second-order valence-corrected chi connectivity index (χ2v) is 8.45. The van der Waals surface area contributed by atoms with E-state index in [-0.39, 0.29) is 5.22 Å². The molecular formula is C12H28N2O4Si. The molecule has 4 N–H and O–H groups in total. The van der Waals surface area contributed by atoms with Crippen molar-refractivity contribution in [3.63, 3.8) is 0 Å². The standard InChI is InChI=1S/C11H24O3Si.CH4N2O/c1-5-8-11(12-2)9-6-7-10-15(11,13-3)14-4;2-1(3)4/h5-10H2,1-4H3;(H4,2,3,4). The molecule has 0 radical (unpaired) electrons. The second-order valence-electron chi connectivity index (χ2n) is 4.72. The number of hydrogen-bond acceptors (Lipinski definition) is 4. The highest BCUT2D eigenvalue weighted by molar-refractivity contribution is 6.70. The maximum Gasteiger partial charge on any atom is 0.370 e. The molecule has 1 aliphatic rings. The zero-order valence-electron chi connectivity index (χ0n) is 12.5. The van der Waals surface area contributed by atoms with Gasteiger partial charge in [-0.25, -0.2) is 4.79 Å². The summed E-state index contributed by atoms with van der Waals surface area (Å²) >= 11 is 0. The molecule has 0 aromatic rings. The summed E-state index contributed by atoms with van der Waals surface area (Å²) in [6.07, 6.45) is 5.70. The number of amides is 2. The highest BCUT2D eigenvalue weighted by Gasteiger charge is 2.58. The molecule has 0 spiro atoms. The maximum atomic E-state index is 9.00. The summed E-state index contributed by atoms with van der Waals surface area (Å²) in [4.78, 5) is 9.00. The molecule has 0 aliphatic carbocycles. The van der Waals surface area contributed by atoms with Crippen LogP contribution in [-0.2, 0) is 13.6 Å². The summed E-state index contributed by atoms with van der Waals surface area (Å²) in [6, 6.07) is 0.230. The zero-order chi connectivity index (χ0) is 14.9. The number of nitrogens with two attached hydrogens (primary N) is 2. The largest absolute Gasteiger partial charge is 0.396 e. The lowest BCUT2D eigenvalue weighted by Gasteiger charge is -2.47. The molecule has 1 rings (SSSR count). The van der Waals surface area contributed by atoms with Gasteiger partial charge in [0.2, 0.25) is 0 Å². The molecule has 1 unspecified atom stereocenters. The van der Waals surface area contributed by atoms with E-state index in [4.69, 9.17) is 18.4 Å². The molecular weight excluding hydrogens is 264 g/mol. The minimum Gasteiger partial charge on any atom is -0.396 e. The predicted molar refractivity (Wildman–Crippen MR) is 76.8 cm³/mol. The smallest absolute Gasteiger partial charge is 0.370 e. The molecule has 1 saturated heterocycles. The lowest BCUT2D eigenvalue weighted by atomic mass is 10.1. The van der Waals surface area contributed by atoms with Gasteiger partial charge < -0.3 is 25.1 Å². The molecule has 0 bridgehead atoms. The van der Waals surface area contributed by atoms with Gasteiger partial charge >= 0.3 is 14.6 Å². The van der Waals surface area contributed by atoms with E-state index in [1.54, 1.807) is 21.3 Å². The molecule has 19 heavy (non-hydrogen) atoms. The first-order chi connectivity index (χ1) is 8.93. The average molecular weight is 292 g/mol. The number of ether oxygens (including phenoxy) is 1. The van der Waals surface area contributed by atoms with E-state index in [9.17, 15) is 0 Å². The fraction of sp³-hybridized carbons (Fsp3) is 0.917. The lowest BCUT2D eigenvalue weighted by Crippen LogP contribution is -2.64. The van der Waals surface area contributed by atoms with Gasteiger partial charge in [0.25, 0.3) is 0 Å². The Morgan fingerprint density at radius 2 is 1.74 bits per heavy atom.